The van der Waals surface area contributed by atoms with Crippen molar-refractivity contribution in [3.8, 4) is 11.3 Å². The van der Waals surface area contributed by atoms with Crippen LogP contribution in [-0.4, -0.2) is 58.6 Å². The minimum Gasteiger partial charge on any atom is -0.282 e. The van der Waals surface area contributed by atoms with Crippen LogP contribution >= 0.6 is 0 Å². The maximum atomic E-state index is 13.0. The Bertz CT molecular complexity index is 1070. The van der Waals surface area contributed by atoms with Crippen molar-refractivity contribution in [2.75, 3.05) is 26.2 Å². The highest BCUT2D eigenvalue weighted by Gasteiger charge is 2.28. The zero-order valence-corrected chi connectivity index (χ0v) is 18.2. The standard InChI is InChI=1S/C22H27N5O2S/c1-18(2)19-3-5-21(6-4-19)30(28,29)26-15-13-25(14-16-26)17-27-22(9-12-24-27)20-7-10-23-11-8-20/h3-12,18H,13-17H2,1-2H3. The fourth-order valence-electron chi connectivity index (χ4n) is 3.69. The summed E-state index contributed by atoms with van der Waals surface area (Å²) in [4.78, 5) is 6.66. The van der Waals surface area contributed by atoms with Crippen LogP contribution in [0.25, 0.3) is 11.3 Å². The van der Waals surface area contributed by atoms with Crippen LogP contribution in [0.4, 0.5) is 0 Å². The summed E-state index contributed by atoms with van der Waals surface area (Å²) in [5, 5.41) is 4.45. The molecule has 0 saturated carbocycles. The predicted molar refractivity (Wildman–Crippen MR) is 116 cm³/mol. The monoisotopic (exact) mass is 425 g/mol. The SMILES string of the molecule is CC(C)c1ccc(S(=O)(=O)N2CCN(Cn3nccc3-c3ccncc3)CC2)cc1. The van der Waals surface area contributed by atoms with Crippen molar-refractivity contribution in [1.29, 1.82) is 0 Å². The maximum Gasteiger partial charge on any atom is 0.243 e. The van der Waals surface area contributed by atoms with Gasteiger partial charge in [-0.25, -0.2) is 8.42 Å². The van der Waals surface area contributed by atoms with Gasteiger partial charge < -0.3 is 0 Å². The summed E-state index contributed by atoms with van der Waals surface area (Å²) in [6, 6.07) is 13.2. The lowest BCUT2D eigenvalue weighted by atomic mass is 10.0. The van der Waals surface area contributed by atoms with Crippen molar-refractivity contribution < 1.29 is 8.42 Å². The van der Waals surface area contributed by atoms with Gasteiger partial charge in [0.2, 0.25) is 10.0 Å². The Morgan fingerprint density at radius 1 is 0.900 bits per heavy atom. The molecule has 0 radical (unpaired) electrons. The lowest BCUT2D eigenvalue weighted by Gasteiger charge is -2.34. The van der Waals surface area contributed by atoms with E-state index in [4.69, 9.17) is 0 Å². The smallest absolute Gasteiger partial charge is 0.243 e. The van der Waals surface area contributed by atoms with E-state index in [1.807, 2.05) is 35.0 Å². The second-order valence-corrected chi connectivity index (χ2v) is 9.78. The molecule has 158 valence electrons. The Labute approximate surface area is 178 Å². The van der Waals surface area contributed by atoms with Gasteiger partial charge in [0.15, 0.2) is 0 Å². The number of piperazine rings is 1. The molecule has 30 heavy (non-hydrogen) atoms. The van der Waals surface area contributed by atoms with Crippen molar-refractivity contribution in [3.05, 3.63) is 66.6 Å². The quantitative estimate of drug-likeness (QED) is 0.607. The van der Waals surface area contributed by atoms with Crippen molar-refractivity contribution in [2.45, 2.75) is 31.3 Å². The molecular formula is C22H27N5O2S. The summed E-state index contributed by atoms with van der Waals surface area (Å²) >= 11 is 0. The second-order valence-electron chi connectivity index (χ2n) is 7.84. The van der Waals surface area contributed by atoms with Crippen LogP contribution in [0.15, 0.2) is 66.0 Å². The Hall–Kier alpha value is -2.55. The molecule has 1 saturated heterocycles. The Morgan fingerprint density at radius 3 is 2.20 bits per heavy atom. The van der Waals surface area contributed by atoms with Crippen molar-refractivity contribution >= 4 is 10.0 Å². The number of benzene rings is 1. The minimum atomic E-state index is -3.46. The lowest BCUT2D eigenvalue weighted by Crippen LogP contribution is -2.48. The highest BCUT2D eigenvalue weighted by molar-refractivity contribution is 7.89. The Balaban J connectivity index is 1.40. The zero-order valence-electron chi connectivity index (χ0n) is 17.3. The molecule has 2 aromatic heterocycles. The first kappa shape index (κ1) is 20.7. The molecule has 0 spiro atoms. The third-order valence-corrected chi connectivity index (χ3v) is 7.46. The summed E-state index contributed by atoms with van der Waals surface area (Å²) < 4.78 is 29.6. The van der Waals surface area contributed by atoms with Crippen LogP contribution in [0.2, 0.25) is 0 Å². The molecule has 1 aliphatic heterocycles. The van der Waals surface area contributed by atoms with E-state index in [2.05, 4.69) is 28.8 Å². The van der Waals surface area contributed by atoms with Gasteiger partial charge in [-0.3, -0.25) is 14.6 Å². The predicted octanol–water partition coefficient (Wildman–Crippen LogP) is 3.03. The highest BCUT2D eigenvalue weighted by atomic mass is 32.2. The van der Waals surface area contributed by atoms with E-state index in [-0.39, 0.29) is 0 Å². The maximum absolute atomic E-state index is 13.0. The van der Waals surface area contributed by atoms with Crippen LogP contribution in [-0.2, 0) is 16.7 Å². The first-order chi connectivity index (χ1) is 14.4. The summed E-state index contributed by atoms with van der Waals surface area (Å²) in [7, 11) is -3.46. The topological polar surface area (TPSA) is 71.3 Å². The third kappa shape index (κ3) is 4.30. The fourth-order valence-corrected chi connectivity index (χ4v) is 5.11. The van der Waals surface area contributed by atoms with Crippen LogP contribution in [0.1, 0.15) is 25.3 Å². The van der Waals surface area contributed by atoms with Gasteiger partial charge in [-0.15, -0.1) is 0 Å². The number of hydrogen-bond acceptors (Lipinski definition) is 5. The first-order valence-corrected chi connectivity index (χ1v) is 11.6. The second kappa shape index (κ2) is 8.67. The molecule has 0 aliphatic carbocycles. The van der Waals surface area contributed by atoms with E-state index < -0.39 is 10.0 Å². The number of sulfonamides is 1. The molecule has 3 aromatic rings. The summed E-state index contributed by atoms with van der Waals surface area (Å²) in [5.41, 5.74) is 3.23. The molecule has 0 atom stereocenters. The van der Waals surface area contributed by atoms with Crippen molar-refractivity contribution in [2.24, 2.45) is 0 Å². The summed E-state index contributed by atoms with van der Waals surface area (Å²) in [6.45, 7) is 7.10. The normalized spacial score (nSPS) is 16.2. The molecule has 0 unspecified atom stereocenters. The molecule has 7 nitrogen and oxygen atoms in total. The molecule has 0 N–H and O–H groups in total. The van der Waals surface area contributed by atoms with E-state index in [0.717, 1.165) is 16.8 Å². The van der Waals surface area contributed by atoms with E-state index in [0.29, 0.717) is 43.7 Å². The van der Waals surface area contributed by atoms with Gasteiger partial charge in [0.25, 0.3) is 0 Å². The van der Waals surface area contributed by atoms with E-state index in [1.165, 1.54) is 0 Å². The number of hydrogen-bond donors (Lipinski definition) is 0. The zero-order chi connectivity index (χ0) is 21.1. The molecule has 1 aromatic carbocycles. The van der Waals surface area contributed by atoms with Gasteiger partial charge >= 0.3 is 0 Å². The number of nitrogens with zero attached hydrogens (tertiary/aromatic N) is 5. The summed E-state index contributed by atoms with van der Waals surface area (Å²) in [5.74, 6) is 0.379. The average Bonchev–Trinajstić information content (AvgIpc) is 3.23. The molecule has 8 heteroatoms. The van der Waals surface area contributed by atoms with Crippen LogP contribution < -0.4 is 0 Å². The van der Waals surface area contributed by atoms with Gasteiger partial charge in [0.05, 0.1) is 17.3 Å². The number of rotatable bonds is 6. The summed E-state index contributed by atoms with van der Waals surface area (Å²) in [6.07, 6.45) is 5.32. The van der Waals surface area contributed by atoms with Crippen LogP contribution in [0, 0.1) is 0 Å². The van der Waals surface area contributed by atoms with Crippen molar-refractivity contribution in [1.82, 2.24) is 24.0 Å². The van der Waals surface area contributed by atoms with Crippen LogP contribution in [0.3, 0.4) is 0 Å². The molecule has 1 aliphatic rings. The van der Waals surface area contributed by atoms with Gasteiger partial charge in [-0.05, 0) is 41.8 Å². The average molecular weight is 426 g/mol. The van der Waals surface area contributed by atoms with E-state index in [9.17, 15) is 8.42 Å². The van der Waals surface area contributed by atoms with Gasteiger partial charge in [0, 0.05) is 50.3 Å². The Kier molecular flexibility index (Phi) is 5.99. The molecule has 0 amide bonds. The number of aromatic nitrogens is 3. The molecule has 4 rings (SSSR count). The first-order valence-electron chi connectivity index (χ1n) is 10.2. The van der Waals surface area contributed by atoms with Crippen molar-refractivity contribution in [3.63, 3.8) is 0 Å². The van der Waals surface area contributed by atoms with Gasteiger partial charge in [0.1, 0.15) is 0 Å². The Morgan fingerprint density at radius 2 is 1.57 bits per heavy atom. The van der Waals surface area contributed by atoms with Crippen LogP contribution in [0.5, 0.6) is 0 Å². The van der Waals surface area contributed by atoms with E-state index in [1.54, 1.807) is 35.0 Å². The fraction of sp³-hybridized carbons (Fsp3) is 0.364. The molecular weight excluding hydrogens is 398 g/mol. The lowest BCUT2D eigenvalue weighted by molar-refractivity contribution is 0.146. The number of pyridine rings is 1. The highest BCUT2D eigenvalue weighted by Crippen LogP contribution is 2.22. The minimum absolute atomic E-state index is 0.368. The molecule has 0 bridgehead atoms. The molecule has 1 fully saturated rings. The van der Waals surface area contributed by atoms with Gasteiger partial charge in [-0.2, -0.15) is 9.40 Å². The van der Waals surface area contributed by atoms with Gasteiger partial charge in [-0.1, -0.05) is 26.0 Å². The van der Waals surface area contributed by atoms with E-state index >= 15 is 0 Å². The third-order valence-electron chi connectivity index (χ3n) is 5.54. The largest absolute Gasteiger partial charge is 0.282 e. The molecule has 3 heterocycles.